The van der Waals surface area contributed by atoms with E-state index in [1.807, 2.05) is 19.9 Å². The summed E-state index contributed by atoms with van der Waals surface area (Å²) < 4.78 is 18.4. The lowest BCUT2D eigenvalue weighted by atomic mass is 9.48. The van der Waals surface area contributed by atoms with Crippen molar-refractivity contribution in [2.75, 3.05) is 0 Å². The Kier molecular flexibility index (Phi) is 6.08. The van der Waals surface area contributed by atoms with Gasteiger partial charge in [0.15, 0.2) is 0 Å². The van der Waals surface area contributed by atoms with Gasteiger partial charge in [-0.1, -0.05) is 32.1 Å². The molecule has 2 saturated carbocycles. The average Bonchev–Trinajstić information content (AvgIpc) is 3.16. The number of benzene rings is 1. The Hall–Kier alpha value is -2.63. The van der Waals surface area contributed by atoms with Crippen molar-refractivity contribution in [1.29, 1.82) is 0 Å². The third-order valence-electron chi connectivity index (χ3n) is 10.3. The first kappa shape index (κ1) is 25.0. The lowest BCUT2D eigenvalue weighted by Crippen LogP contribution is -2.52. The standard InChI is InChI=1S/C30H38FNO4/c1-28(2,18-5-8-20(31)9-6-18)32-26(33)25-12-11-23-22-10-7-19-17-21(36-27(34)35)13-15-29(19,3)24(22)14-16-30(23,25)4/h5-9,17,22-25H,10-16H2,1-4H3,(H,32,33)(H,34,35)/t22-,23-,24-,25?,29-,30-/m0/s1. The number of rotatable bonds is 4. The highest BCUT2D eigenvalue weighted by atomic mass is 19.1. The highest BCUT2D eigenvalue weighted by Gasteiger charge is 2.59. The highest BCUT2D eigenvalue weighted by molar-refractivity contribution is 5.81. The molecule has 0 saturated heterocycles. The molecule has 6 heteroatoms. The van der Waals surface area contributed by atoms with Crippen LogP contribution in [-0.4, -0.2) is 17.2 Å². The Morgan fingerprint density at radius 1 is 1.08 bits per heavy atom. The van der Waals surface area contributed by atoms with E-state index in [0.29, 0.717) is 29.9 Å². The zero-order valence-corrected chi connectivity index (χ0v) is 21.8. The van der Waals surface area contributed by atoms with Gasteiger partial charge in [-0.3, -0.25) is 4.79 Å². The van der Waals surface area contributed by atoms with Crippen molar-refractivity contribution in [2.45, 2.75) is 78.2 Å². The summed E-state index contributed by atoms with van der Waals surface area (Å²) >= 11 is 0. The Morgan fingerprint density at radius 2 is 1.81 bits per heavy atom. The molecule has 2 N–H and O–H groups in total. The number of carbonyl (C=O) groups excluding carboxylic acids is 1. The predicted molar refractivity (Wildman–Crippen MR) is 135 cm³/mol. The van der Waals surface area contributed by atoms with E-state index < -0.39 is 11.7 Å². The fraction of sp³-hybridized carbons (Fsp3) is 0.600. The van der Waals surface area contributed by atoms with E-state index >= 15 is 0 Å². The number of carbonyl (C=O) groups is 2. The van der Waals surface area contributed by atoms with Crippen LogP contribution in [-0.2, 0) is 15.1 Å². The Labute approximate surface area is 213 Å². The molecule has 0 aromatic heterocycles. The molecule has 0 aliphatic heterocycles. The molecule has 0 bridgehead atoms. The molecule has 6 atom stereocenters. The van der Waals surface area contributed by atoms with Crippen molar-refractivity contribution in [3.63, 3.8) is 0 Å². The maximum atomic E-state index is 13.7. The van der Waals surface area contributed by atoms with Gasteiger partial charge in [-0.25, -0.2) is 9.18 Å². The molecule has 0 spiro atoms. The van der Waals surface area contributed by atoms with Crippen molar-refractivity contribution in [3.8, 4) is 0 Å². The summed E-state index contributed by atoms with van der Waals surface area (Å²) in [7, 11) is 0. The molecule has 36 heavy (non-hydrogen) atoms. The summed E-state index contributed by atoms with van der Waals surface area (Å²) in [4.78, 5) is 24.7. The van der Waals surface area contributed by atoms with E-state index in [2.05, 4.69) is 25.2 Å². The summed E-state index contributed by atoms with van der Waals surface area (Å²) in [5.74, 6) is 1.93. The molecular formula is C30H38FNO4. The highest BCUT2D eigenvalue weighted by Crippen LogP contribution is 2.66. The monoisotopic (exact) mass is 495 g/mol. The Bertz CT molecular complexity index is 1120. The van der Waals surface area contributed by atoms with Crippen LogP contribution in [0, 0.1) is 40.3 Å². The van der Waals surface area contributed by atoms with Gasteiger partial charge in [-0.2, -0.15) is 0 Å². The predicted octanol–water partition coefficient (Wildman–Crippen LogP) is 6.94. The second-order valence-electron chi connectivity index (χ2n) is 12.5. The van der Waals surface area contributed by atoms with Gasteiger partial charge in [0.05, 0.1) is 5.54 Å². The van der Waals surface area contributed by atoms with Crippen LogP contribution in [0.3, 0.4) is 0 Å². The maximum absolute atomic E-state index is 13.7. The second-order valence-corrected chi connectivity index (χ2v) is 12.5. The van der Waals surface area contributed by atoms with Crippen LogP contribution in [0.15, 0.2) is 47.7 Å². The van der Waals surface area contributed by atoms with E-state index in [0.717, 1.165) is 44.1 Å². The van der Waals surface area contributed by atoms with Crippen LogP contribution in [0.2, 0.25) is 0 Å². The number of amides is 1. The zero-order valence-electron chi connectivity index (χ0n) is 21.8. The third-order valence-corrected chi connectivity index (χ3v) is 10.3. The molecule has 5 nitrogen and oxygen atoms in total. The van der Waals surface area contributed by atoms with Crippen LogP contribution < -0.4 is 5.32 Å². The first-order chi connectivity index (χ1) is 16.9. The maximum Gasteiger partial charge on any atom is 0.511 e. The molecule has 5 rings (SSSR count). The van der Waals surface area contributed by atoms with Crippen LogP contribution >= 0.6 is 0 Å². The summed E-state index contributed by atoms with van der Waals surface area (Å²) in [5, 5.41) is 12.3. The van der Waals surface area contributed by atoms with Gasteiger partial charge in [-0.15, -0.1) is 0 Å². The lowest BCUT2D eigenvalue weighted by Gasteiger charge is -2.57. The minimum absolute atomic E-state index is 0.0248. The van der Waals surface area contributed by atoms with Gasteiger partial charge < -0.3 is 15.2 Å². The second kappa shape index (κ2) is 8.74. The third kappa shape index (κ3) is 4.06. The van der Waals surface area contributed by atoms with E-state index in [1.54, 1.807) is 12.1 Å². The summed E-state index contributed by atoms with van der Waals surface area (Å²) in [6.45, 7) is 8.64. The quantitative estimate of drug-likeness (QED) is 0.444. The molecule has 0 heterocycles. The van der Waals surface area contributed by atoms with Crippen molar-refractivity contribution in [3.05, 3.63) is 59.1 Å². The molecule has 2 fully saturated rings. The fourth-order valence-corrected chi connectivity index (χ4v) is 8.26. The van der Waals surface area contributed by atoms with Crippen LogP contribution in [0.5, 0.6) is 0 Å². The fourth-order valence-electron chi connectivity index (χ4n) is 8.26. The minimum atomic E-state index is -1.24. The molecule has 1 amide bonds. The van der Waals surface area contributed by atoms with Gasteiger partial charge in [-0.05, 0) is 110 Å². The topological polar surface area (TPSA) is 75.6 Å². The number of allylic oxidation sites excluding steroid dienone is 4. The van der Waals surface area contributed by atoms with Gasteiger partial charge >= 0.3 is 6.16 Å². The molecule has 4 aliphatic carbocycles. The van der Waals surface area contributed by atoms with Gasteiger partial charge in [0, 0.05) is 12.3 Å². The normalized spacial score (nSPS) is 35.5. The summed E-state index contributed by atoms with van der Waals surface area (Å²) in [5.41, 5.74) is 1.55. The van der Waals surface area contributed by atoms with E-state index in [9.17, 15) is 14.0 Å². The number of carboxylic acid groups (broad SMARTS) is 1. The molecule has 194 valence electrons. The Balaban J connectivity index is 1.34. The molecule has 1 aromatic rings. The molecule has 0 radical (unpaired) electrons. The number of nitrogens with one attached hydrogen (secondary N) is 1. The van der Waals surface area contributed by atoms with Crippen molar-refractivity contribution < 1.29 is 23.8 Å². The van der Waals surface area contributed by atoms with Gasteiger partial charge in [0.2, 0.25) is 5.91 Å². The molecular weight excluding hydrogens is 457 g/mol. The molecule has 4 aliphatic rings. The van der Waals surface area contributed by atoms with E-state index in [4.69, 9.17) is 9.84 Å². The first-order valence-corrected chi connectivity index (χ1v) is 13.3. The molecule has 1 aromatic carbocycles. The number of ether oxygens (including phenoxy) is 1. The first-order valence-electron chi connectivity index (χ1n) is 13.3. The number of fused-ring (bicyclic) bond motifs is 5. The van der Waals surface area contributed by atoms with Crippen molar-refractivity contribution in [2.24, 2.45) is 34.5 Å². The number of hydrogen-bond acceptors (Lipinski definition) is 3. The minimum Gasteiger partial charge on any atom is -0.449 e. The van der Waals surface area contributed by atoms with Gasteiger partial charge in [0.1, 0.15) is 11.6 Å². The van der Waals surface area contributed by atoms with Crippen molar-refractivity contribution >= 4 is 12.1 Å². The van der Waals surface area contributed by atoms with E-state index in [1.165, 1.54) is 17.7 Å². The van der Waals surface area contributed by atoms with E-state index in [-0.39, 0.29) is 28.5 Å². The summed E-state index contributed by atoms with van der Waals surface area (Å²) in [6.07, 6.45) is 9.62. The van der Waals surface area contributed by atoms with Crippen LogP contribution in [0.25, 0.3) is 0 Å². The average molecular weight is 496 g/mol. The Morgan fingerprint density at radius 3 is 2.50 bits per heavy atom. The van der Waals surface area contributed by atoms with Crippen LogP contribution in [0.1, 0.15) is 78.2 Å². The summed E-state index contributed by atoms with van der Waals surface area (Å²) in [6, 6.07) is 6.39. The number of halogens is 1. The smallest absolute Gasteiger partial charge is 0.449 e. The molecule has 1 unspecified atom stereocenters. The zero-order chi connectivity index (χ0) is 25.9. The van der Waals surface area contributed by atoms with Crippen molar-refractivity contribution in [1.82, 2.24) is 5.32 Å². The largest absolute Gasteiger partial charge is 0.511 e. The SMILES string of the molecule is CC(C)(NC(=O)C1CC[C@H]2[C@@H]3CC=C4C=C(OC(=O)O)CC[C@]4(C)[C@H]3CC[C@]12C)c1ccc(F)cc1. The number of hydrogen-bond donors (Lipinski definition) is 2. The van der Waals surface area contributed by atoms with Gasteiger partial charge in [0.25, 0.3) is 0 Å². The lowest BCUT2D eigenvalue weighted by molar-refractivity contribution is -0.133. The van der Waals surface area contributed by atoms with Crippen LogP contribution in [0.4, 0.5) is 9.18 Å².